The van der Waals surface area contributed by atoms with Gasteiger partial charge in [-0.3, -0.25) is 0 Å². The Kier molecular flexibility index (Phi) is 5.08. The number of benzene rings is 8. The number of nitrogens with zero attached hydrogens (tertiary/aromatic N) is 4. The molecule has 0 heterocycles. The molecule has 0 fully saturated rings. The zero-order valence-corrected chi connectivity index (χ0v) is 24.8. The van der Waals surface area contributed by atoms with E-state index in [9.17, 15) is 10.5 Å². The molecule has 6 heteroatoms. The van der Waals surface area contributed by atoms with E-state index in [1.165, 1.54) is 46.2 Å². The lowest BCUT2D eigenvalue weighted by Gasteiger charge is -2.29. The van der Waals surface area contributed by atoms with Gasteiger partial charge in [-0.2, -0.15) is 10.5 Å². The van der Waals surface area contributed by atoms with Crippen LogP contribution in [-0.2, 0) is 0 Å². The minimum absolute atomic E-state index is 0.0800. The second-order valence-corrected chi connectivity index (χ2v) is 10.8. The molecule has 8 rings (SSSR count). The number of nitriles is 2. The third-order valence-electron chi connectivity index (χ3n) is 8.18. The molecule has 0 aliphatic rings. The van der Waals surface area contributed by atoms with E-state index in [2.05, 4.69) is 0 Å². The Morgan fingerprint density at radius 3 is 1.21 bits per heavy atom. The monoisotopic (exact) mass is 630 g/mol. The lowest BCUT2D eigenvalue weighted by Crippen LogP contribution is -2.13. The maximum atomic E-state index is 15.9. The van der Waals surface area contributed by atoms with Crippen LogP contribution in [0.5, 0.6) is 0 Å². The van der Waals surface area contributed by atoms with Crippen LogP contribution in [0.4, 0.5) is 42.9 Å². The van der Waals surface area contributed by atoms with Crippen molar-refractivity contribution >= 4 is 66.4 Å². The highest BCUT2D eigenvalue weighted by atomic mass is 19.1. The van der Waals surface area contributed by atoms with Gasteiger partial charge in [0.1, 0.15) is 11.6 Å². The molecule has 0 aliphatic heterocycles. The highest BCUT2D eigenvalue weighted by Gasteiger charge is 2.23. The van der Waals surface area contributed by atoms with Gasteiger partial charge in [-0.25, -0.2) is 8.78 Å². The van der Waals surface area contributed by atoms with Gasteiger partial charge in [0.05, 0.1) is 57.0 Å². The summed E-state index contributed by atoms with van der Waals surface area (Å²) < 4.78 is 102. The van der Waals surface area contributed by atoms with Crippen LogP contribution in [0.1, 0.15) is 22.1 Å². The summed E-state index contributed by atoms with van der Waals surface area (Å²) in [5, 5.41) is 23.0. The van der Waals surface area contributed by atoms with Crippen molar-refractivity contribution < 1.29 is 19.7 Å². The molecule has 0 aliphatic carbocycles. The van der Waals surface area contributed by atoms with E-state index in [-0.39, 0.29) is 34.1 Å². The number of rotatable bonds is 6. The Morgan fingerprint density at radius 2 is 0.833 bits per heavy atom. The standard InChI is InChI=1S/C42H24F2N4/c43-35-5-1-3-7-39(35)47(31-17-9-27(25-45)10-18-31)37-23-15-29-14-22-34-38(24-16-30-13-21-33(37)41(29)42(30)34)48(40-8-4-2-6-36(40)44)32-19-11-28(26-46)12-20-32/h1-24H/i9D,10D,11D,12D,17D,18D,19D,20D. The molecular formula is C42H24F2N4. The average molecular weight is 631 g/mol. The molecule has 0 saturated carbocycles. The first kappa shape index (κ1) is 21.1. The molecule has 226 valence electrons. The van der Waals surface area contributed by atoms with Crippen molar-refractivity contribution in [3.05, 3.63) is 168 Å². The molecule has 0 amide bonds. The maximum absolute atomic E-state index is 15.9. The molecule has 0 spiro atoms. The van der Waals surface area contributed by atoms with Gasteiger partial charge in [0.2, 0.25) is 0 Å². The number of para-hydroxylation sites is 2. The Bertz CT molecular complexity index is 2790. The van der Waals surface area contributed by atoms with E-state index < -0.39 is 71.1 Å². The summed E-state index contributed by atoms with van der Waals surface area (Å²) in [6.07, 6.45) is 0. The fourth-order valence-corrected chi connectivity index (χ4v) is 6.11. The average Bonchev–Trinajstić information content (AvgIpc) is 3.20. The van der Waals surface area contributed by atoms with Gasteiger partial charge >= 0.3 is 0 Å². The number of anilines is 6. The molecule has 0 radical (unpaired) electrons. The molecular weight excluding hydrogens is 598 g/mol. The van der Waals surface area contributed by atoms with Gasteiger partial charge in [-0.1, -0.05) is 60.7 Å². The molecule has 8 aromatic rings. The van der Waals surface area contributed by atoms with Gasteiger partial charge in [0.15, 0.2) is 0 Å². The first-order valence-electron chi connectivity index (χ1n) is 18.7. The second-order valence-electron chi connectivity index (χ2n) is 10.8. The minimum Gasteiger partial charge on any atom is -0.307 e. The summed E-state index contributed by atoms with van der Waals surface area (Å²) in [7, 11) is 0. The fraction of sp³-hybridized carbons (Fsp3) is 0. The van der Waals surface area contributed by atoms with Crippen LogP contribution in [0.15, 0.2) is 145 Å². The summed E-state index contributed by atoms with van der Waals surface area (Å²) in [5.41, 5.74) is -1.07. The SMILES string of the molecule is [2H]c1c([2H])c(N(c2ccccc2F)c2ccc3ccc4c(N(c5ccccc5F)c5c([2H])c([2H])c(C#N)c([2H])c5[2H])ccc5ccc2c3c54)c([2H])c([2H])c1C#N. The fourth-order valence-electron chi connectivity index (χ4n) is 6.11. The summed E-state index contributed by atoms with van der Waals surface area (Å²) >= 11 is 0. The molecule has 0 N–H and O–H groups in total. The normalized spacial score (nSPS) is 13.4. The van der Waals surface area contributed by atoms with Gasteiger partial charge in [0.25, 0.3) is 0 Å². The molecule has 48 heavy (non-hydrogen) atoms. The highest BCUT2D eigenvalue weighted by molar-refractivity contribution is 6.28. The Morgan fingerprint density at radius 1 is 0.458 bits per heavy atom. The van der Waals surface area contributed by atoms with Crippen molar-refractivity contribution in [3.63, 3.8) is 0 Å². The Balaban J connectivity index is 1.48. The Labute approximate surface area is 286 Å². The number of hydrogen-bond acceptors (Lipinski definition) is 4. The third-order valence-corrected chi connectivity index (χ3v) is 8.18. The number of hydrogen-bond donors (Lipinski definition) is 0. The second kappa shape index (κ2) is 11.6. The van der Waals surface area contributed by atoms with E-state index in [0.29, 0.717) is 32.3 Å². The van der Waals surface area contributed by atoms with Crippen molar-refractivity contribution in [3.8, 4) is 12.1 Å². The Hall–Kier alpha value is -6.76. The van der Waals surface area contributed by atoms with E-state index in [4.69, 9.17) is 11.0 Å². The topological polar surface area (TPSA) is 54.1 Å². The molecule has 0 atom stereocenters. The molecule has 4 nitrogen and oxygen atoms in total. The van der Waals surface area contributed by atoms with Crippen LogP contribution in [0.3, 0.4) is 0 Å². The van der Waals surface area contributed by atoms with Gasteiger partial charge < -0.3 is 9.80 Å². The van der Waals surface area contributed by atoms with E-state index in [1.807, 2.05) is 0 Å². The maximum Gasteiger partial charge on any atom is 0.147 e. The van der Waals surface area contributed by atoms with Gasteiger partial charge in [-0.05, 0) is 106 Å². The van der Waals surface area contributed by atoms with Crippen LogP contribution < -0.4 is 9.80 Å². The first-order valence-corrected chi connectivity index (χ1v) is 14.7. The van der Waals surface area contributed by atoms with Crippen LogP contribution in [0.2, 0.25) is 0 Å². The smallest absolute Gasteiger partial charge is 0.147 e. The first-order chi connectivity index (χ1) is 26.9. The van der Waals surface area contributed by atoms with E-state index in [1.54, 1.807) is 72.8 Å². The van der Waals surface area contributed by atoms with Crippen LogP contribution in [-0.4, -0.2) is 0 Å². The molecule has 0 bridgehead atoms. The molecule has 0 saturated heterocycles. The quantitative estimate of drug-likeness (QED) is 0.172. The van der Waals surface area contributed by atoms with Crippen LogP contribution >= 0.6 is 0 Å². The lowest BCUT2D eigenvalue weighted by molar-refractivity contribution is 0.628. The van der Waals surface area contributed by atoms with E-state index >= 15 is 8.78 Å². The minimum atomic E-state index is -0.718. The highest BCUT2D eigenvalue weighted by Crippen LogP contribution is 2.48. The van der Waals surface area contributed by atoms with Crippen molar-refractivity contribution in [2.24, 2.45) is 0 Å². The van der Waals surface area contributed by atoms with Crippen molar-refractivity contribution in [2.75, 3.05) is 9.80 Å². The van der Waals surface area contributed by atoms with Crippen molar-refractivity contribution in [1.29, 1.82) is 10.5 Å². The lowest BCUT2D eigenvalue weighted by atomic mass is 9.91. The number of halogens is 2. The largest absolute Gasteiger partial charge is 0.307 e. The van der Waals surface area contributed by atoms with Crippen molar-refractivity contribution in [2.45, 2.75) is 0 Å². The third kappa shape index (κ3) is 4.64. The zero-order chi connectivity index (χ0) is 39.7. The predicted molar refractivity (Wildman–Crippen MR) is 189 cm³/mol. The van der Waals surface area contributed by atoms with E-state index in [0.717, 1.165) is 0 Å². The van der Waals surface area contributed by atoms with Gasteiger partial charge in [-0.15, -0.1) is 0 Å². The summed E-state index contributed by atoms with van der Waals surface area (Å²) in [6.45, 7) is 0. The molecule has 8 aromatic carbocycles. The molecule has 0 unspecified atom stereocenters. The van der Waals surface area contributed by atoms with Crippen LogP contribution in [0, 0.1) is 34.3 Å². The summed E-state index contributed by atoms with van der Waals surface area (Å²) in [4.78, 5) is 2.60. The van der Waals surface area contributed by atoms with Crippen molar-refractivity contribution in [1.82, 2.24) is 0 Å². The predicted octanol–water partition coefficient (Wildman–Crippen LogP) is 11.5. The summed E-state index contributed by atoms with van der Waals surface area (Å²) in [6, 6.07) is 24.3. The zero-order valence-electron chi connectivity index (χ0n) is 32.8. The summed E-state index contributed by atoms with van der Waals surface area (Å²) in [5.74, 6) is -1.44. The van der Waals surface area contributed by atoms with Crippen LogP contribution in [0.25, 0.3) is 32.3 Å². The molecule has 0 aromatic heterocycles. The van der Waals surface area contributed by atoms with Gasteiger partial charge in [0, 0.05) is 22.1 Å².